The zero-order valence-electron chi connectivity index (χ0n) is 28.5. The highest BCUT2D eigenvalue weighted by Gasteiger charge is 2.55. The van der Waals surface area contributed by atoms with E-state index in [1.807, 2.05) is 12.1 Å². The van der Waals surface area contributed by atoms with Crippen LogP contribution in [0, 0.1) is 5.82 Å². The lowest BCUT2D eigenvalue weighted by Crippen LogP contribution is -2.52. The molecule has 1 amide bonds. The largest absolute Gasteiger partial charge is 0.497 e. The van der Waals surface area contributed by atoms with Gasteiger partial charge in [-0.3, -0.25) is 9.69 Å². The molecule has 1 aliphatic carbocycles. The average molecular weight is 680 g/mol. The summed E-state index contributed by atoms with van der Waals surface area (Å²) in [5.74, 6) is 0.114. The Morgan fingerprint density at radius 3 is 2.35 bits per heavy atom. The molecule has 264 valence electrons. The van der Waals surface area contributed by atoms with Gasteiger partial charge >= 0.3 is 5.97 Å². The van der Waals surface area contributed by atoms with Crippen LogP contribution in [0.3, 0.4) is 0 Å². The fourth-order valence-electron chi connectivity index (χ4n) is 8.27. The number of rotatable bonds is 10. The van der Waals surface area contributed by atoms with E-state index in [1.165, 1.54) is 12.1 Å². The smallest absolute Gasteiger partial charge is 0.339 e. The second-order valence-electron chi connectivity index (χ2n) is 14.5. The van der Waals surface area contributed by atoms with Crippen LogP contribution in [0.2, 0.25) is 0 Å². The predicted octanol–water partition coefficient (Wildman–Crippen LogP) is 3.51. The van der Waals surface area contributed by atoms with Crippen LogP contribution in [0.4, 0.5) is 10.1 Å². The van der Waals surface area contributed by atoms with Crippen molar-refractivity contribution in [2.45, 2.75) is 81.6 Å². The van der Waals surface area contributed by atoms with E-state index in [1.54, 1.807) is 38.0 Å². The van der Waals surface area contributed by atoms with E-state index in [-0.39, 0.29) is 36.9 Å². The van der Waals surface area contributed by atoms with Gasteiger partial charge in [-0.2, -0.15) is 0 Å². The molecule has 4 atom stereocenters. The van der Waals surface area contributed by atoms with Crippen molar-refractivity contribution in [1.82, 2.24) is 9.80 Å². The molecular weight excluding hydrogens is 633 g/mol. The molecule has 0 radical (unpaired) electrons. The molecule has 0 unspecified atom stereocenters. The number of carbonyl (C=O) groups is 2. The number of carbonyl (C=O) groups excluding carboxylic acids is 2. The Morgan fingerprint density at radius 2 is 1.65 bits per heavy atom. The molecular formula is C37H46FN3O8. The zero-order valence-corrected chi connectivity index (χ0v) is 28.5. The Hall–Kier alpha value is -3.87. The summed E-state index contributed by atoms with van der Waals surface area (Å²) in [7, 11) is 1.59. The van der Waals surface area contributed by atoms with Gasteiger partial charge in [0.25, 0.3) is 0 Å². The van der Waals surface area contributed by atoms with Crippen LogP contribution < -0.4 is 14.4 Å². The number of methoxy groups -OCH3 is 1. The quantitative estimate of drug-likeness (QED) is 0.361. The van der Waals surface area contributed by atoms with Gasteiger partial charge in [0.1, 0.15) is 11.6 Å². The van der Waals surface area contributed by atoms with Crippen LogP contribution in [0.1, 0.15) is 63.0 Å². The van der Waals surface area contributed by atoms with Crippen molar-refractivity contribution >= 4 is 17.6 Å². The molecule has 0 aromatic heterocycles. The number of esters is 1. The second-order valence-corrected chi connectivity index (χ2v) is 14.5. The number of fused-ring (bicyclic) bond motifs is 3. The van der Waals surface area contributed by atoms with Gasteiger partial charge in [-0.05, 0) is 99.0 Å². The first-order chi connectivity index (χ1) is 23.4. The molecule has 2 aromatic carbocycles. The molecule has 49 heavy (non-hydrogen) atoms. The minimum atomic E-state index is -2.13. The zero-order chi connectivity index (χ0) is 34.5. The number of amides is 1. The van der Waals surface area contributed by atoms with Gasteiger partial charge < -0.3 is 39.0 Å². The third kappa shape index (κ3) is 6.58. The molecule has 7 rings (SSSR count). The maximum Gasteiger partial charge on any atom is 0.339 e. The van der Waals surface area contributed by atoms with E-state index in [2.05, 4.69) is 9.80 Å². The van der Waals surface area contributed by atoms with Crippen LogP contribution in [-0.2, 0) is 25.5 Å². The first-order valence-electron chi connectivity index (χ1n) is 17.3. The van der Waals surface area contributed by atoms with Gasteiger partial charge in [-0.15, -0.1) is 0 Å². The molecule has 2 N–H and O–H groups in total. The number of nitrogens with zero attached hydrogens (tertiary/aromatic N) is 3. The van der Waals surface area contributed by atoms with Crippen LogP contribution in [0.15, 0.2) is 47.7 Å². The maximum absolute atomic E-state index is 14.3. The topological polar surface area (TPSA) is 121 Å². The molecule has 12 heteroatoms. The van der Waals surface area contributed by atoms with Crippen molar-refractivity contribution in [2.75, 3.05) is 58.1 Å². The van der Waals surface area contributed by atoms with Gasteiger partial charge in [0.05, 0.1) is 19.1 Å². The molecule has 4 heterocycles. The third-order valence-corrected chi connectivity index (χ3v) is 10.8. The fourth-order valence-corrected chi connectivity index (χ4v) is 8.27. The van der Waals surface area contributed by atoms with Crippen molar-refractivity contribution in [1.29, 1.82) is 0 Å². The first-order valence-corrected chi connectivity index (χ1v) is 17.3. The van der Waals surface area contributed by atoms with E-state index in [9.17, 15) is 24.2 Å². The van der Waals surface area contributed by atoms with Crippen LogP contribution in [0.5, 0.6) is 11.5 Å². The highest BCUT2D eigenvalue weighted by atomic mass is 19.1. The van der Waals surface area contributed by atoms with E-state index in [0.29, 0.717) is 56.3 Å². The SMILES string of the molecule is COC1=C2CCN3CCc4cc5c(cc4[C@H]([C@@H]1OC(=O)[C@@](O)(CCCC(C)(C)O)CC(=O)N1CCN(c4ccc(F)cc4)CC1)[C@@H]23)OCO5. The molecule has 0 spiro atoms. The molecule has 2 fully saturated rings. The van der Waals surface area contributed by atoms with Crippen LogP contribution in [-0.4, -0.2) is 108 Å². The molecule has 5 aliphatic rings. The molecule has 0 saturated carbocycles. The first kappa shape index (κ1) is 33.6. The fraction of sp³-hybridized carbons (Fsp3) is 0.568. The summed E-state index contributed by atoms with van der Waals surface area (Å²) in [5.41, 5.74) is 0.920. The van der Waals surface area contributed by atoms with E-state index in [4.69, 9.17) is 18.9 Å². The molecule has 2 saturated heterocycles. The van der Waals surface area contributed by atoms with Crippen molar-refractivity contribution in [3.63, 3.8) is 0 Å². The number of aliphatic hydroxyl groups is 2. The summed E-state index contributed by atoms with van der Waals surface area (Å²) in [5, 5.41) is 22.5. The van der Waals surface area contributed by atoms with Crippen molar-refractivity contribution in [3.8, 4) is 11.5 Å². The minimum absolute atomic E-state index is 0.0308. The Balaban J connectivity index is 1.13. The molecule has 0 bridgehead atoms. The number of hydrogen-bond acceptors (Lipinski definition) is 10. The van der Waals surface area contributed by atoms with Crippen molar-refractivity contribution in [3.05, 3.63) is 64.7 Å². The van der Waals surface area contributed by atoms with Gasteiger partial charge in [0.2, 0.25) is 12.7 Å². The van der Waals surface area contributed by atoms with Gasteiger partial charge in [0, 0.05) is 56.9 Å². The Bertz CT molecular complexity index is 1620. The van der Waals surface area contributed by atoms with E-state index >= 15 is 0 Å². The van der Waals surface area contributed by atoms with Gasteiger partial charge in [-0.25, -0.2) is 9.18 Å². The molecule has 4 aliphatic heterocycles. The van der Waals surface area contributed by atoms with Crippen molar-refractivity contribution < 1.29 is 43.1 Å². The summed E-state index contributed by atoms with van der Waals surface area (Å²) in [6, 6.07) is 10.2. The number of hydrogen-bond donors (Lipinski definition) is 2. The van der Waals surface area contributed by atoms with Gasteiger partial charge in [0.15, 0.2) is 23.2 Å². The number of ether oxygens (including phenoxy) is 4. The Morgan fingerprint density at radius 1 is 0.959 bits per heavy atom. The number of benzene rings is 2. The lowest BCUT2D eigenvalue weighted by atomic mass is 9.86. The van der Waals surface area contributed by atoms with Crippen molar-refractivity contribution in [2.24, 2.45) is 0 Å². The second kappa shape index (κ2) is 13.1. The third-order valence-electron chi connectivity index (χ3n) is 10.8. The van der Waals surface area contributed by atoms with Gasteiger partial charge in [-0.1, -0.05) is 0 Å². The molecule has 11 nitrogen and oxygen atoms in total. The average Bonchev–Trinajstić information content (AvgIpc) is 3.74. The normalized spacial score (nSPS) is 24.3. The summed E-state index contributed by atoms with van der Waals surface area (Å²) >= 11 is 0. The minimum Gasteiger partial charge on any atom is -0.497 e. The summed E-state index contributed by atoms with van der Waals surface area (Å²) in [6.07, 6.45) is 0.899. The lowest BCUT2D eigenvalue weighted by Gasteiger charge is -2.38. The number of halogens is 1. The predicted molar refractivity (Wildman–Crippen MR) is 178 cm³/mol. The highest BCUT2D eigenvalue weighted by Crippen LogP contribution is 2.52. The molecule has 2 aromatic rings. The Labute approximate surface area is 286 Å². The maximum atomic E-state index is 14.3. The number of piperazine rings is 1. The van der Waals surface area contributed by atoms with Crippen LogP contribution >= 0.6 is 0 Å². The highest BCUT2D eigenvalue weighted by molar-refractivity contribution is 5.88. The monoisotopic (exact) mass is 679 g/mol. The Kier molecular flexibility index (Phi) is 8.99. The summed E-state index contributed by atoms with van der Waals surface area (Å²) in [4.78, 5) is 34.2. The van der Waals surface area contributed by atoms with Crippen LogP contribution in [0.25, 0.3) is 0 Å². The van der Waals surface area contributed by atoms with E-state index in [0.717, 1.165) is 48.3 Å². The summed E-state index contributed by atoms with van der Waals surface area (Å²) in [6.45, 7) is 7.03. The van der Waals surface area contributed by atoms with E-state index < -0.39 is 29.7 Å². The standard InChI is InChI=1S/C37H46FN3O8/c1-36(2,44)11-4-12-37(45,21-30(42)40-17-15-39(16-18-40)25-7-5-24(38)6-8-25)35(43)49-34-31-27-20-29-28(47-22-48-29)19-23(27)9-13-41-14-10-26(32(31)41)33(34)46-3/h5-8,19-20,31-32,34,44-45H,4,9-18,21-22H2,1-3H3/t31-,32+,34-,37+/m0/s1. The number of anilines is 1. The lowest BCUT2D eigenvalue weighted by molar-refractivity contribution is -0.176. The summed E-state index contributed by atoms with van der Waals surface area (Å²) < 4.78 is 37.2.